The van der Waals surface area contributed by atoms with E-state index in [9.17, 15) is 4.79 Å². The van der Waals surface area contributed by atoms with Gasteiger partial charge in [0.2, 0.25) is 0 Å². The highest BCUT2D eigenvalue weighted by Crippen LogP contribution is 2.41. The number of nitrogens with one attached hydrogen (secondary N) is 2. The second kappa shape index (κ2) is 7.40. The summed E-state index contributed by atoms with van der Waals surface area (Å²) < 4.78 is 12.2. The van der Waals surface area contributed by atoms with E-state index in [2.05, 4.69) is 34.0 Å². The summed E-state index contributed by atoms with van der Waals surface area (Å²) in [7, 11) is 0. The highest BCUT2D eigenvalue weighted by molar-refractivity contribution is 6.09. The molecule has 0 aliphatic carbocycles. The first kappa shape index (κ1) is 18.0. The van der Waals surface area contributed by atoms with Crippen molar-refractivity contribution < 1.29 is 14.3 Å². The van der Waals surface area contributed by atoms with Gasteiger partial charge in [-0.2, -0.15) is 5.10 Å². The van der Waals surface area contributed by atoms with Crippen LogP contribution in [0.4, 0.5) is 5.69 Å². The average Bonchev–Trinajstić information content (AvgIpc) is 2.72. The topological polar surface area (TPSA) is 75.2 Å². The van der Waals surface area contributed by atoms with Crippen LogP contribution in [0.3, 0.4) is 0 Å². The summed E-state index contributed by atoms with van der Waals surface area (Å²) in [6.45, 7) is 4.74. The smallest absolute Gasteiger partial charge is 0.262 e. The molecule has 7 heteroatoms. The van der Waals surface area contributed by atoms with E-state index in [1.54, 1.807) is 0 Å². The lowest BCUT2D eigenvalue weighted by Crippen LogP contribution is -2.55. The van der Waals surface area contributed by atoms with Gasteiger partial charge in [-0.1, -0.05) is 30.3 Å². The summed E-state index contributed by atoms with van der Waals surface area (Å²) in [5.74, 6) is 2.76. The molecule has 3 aliphatic rings. The first-order valence-electron chi connectivity index (χ1n) is 10.0. The molecular formula is C22H24N4O3. The van der Waals surface area contributed by atoms with Crippen molar-refractivity contribution in [2.45, 2.75) is 26.0 Å². The van der Waals surface area contributed by atoms with Crippen LogP contribution in [-0.2, 0) is 17.8 Å². The lowest BCUT2D eigenvalue weighted by atomic mass is 9.93. The third-order valence-corrected chi connectivity index (χ3v) is 5.71. The summed E-state index contributed by atoms with van der Waals surface area (Å²) in [4.78, 5) is 14.1. The van der Waals surface area contributed by atoms with Crippen molar-refractivity contribution >= 4 is 17.4 Å². The number of carbonyl (C=O) groups is 1. The molecule has 2 aromatic carbocycles. The Balaban J connectivity index is 1.49. The van der Waals surface area contributed by atoms with Gasteiger partial charge >= 0.3 is 0 Å². The molecule has 0 aromatic heterocycles. The van der Waals surface area contributed by atoms with E-state index in [1.165, 1.54) is 0 Å². The van der Waals surface area contributed by atoms with Crippen molar-refractivity contribution in [3.8, 4) is 11.5 Å². The molecule has 0 bridgehead atoms. The van der Waals surface area contributed by atoms with Gasteiger partial charge in [0, 0.05) is 6.07 Å². The second-order valence-corrected chi connectivity index (χ2v) is 7.77. The Morgan fingerprint density at radius 1 is 1.24 bits per heavy atom. The molecule has 1 atom stereocenters. The van der Waals surface area contributed by atoms with Gasteiger partial charge in [0.1, 0.15) is 30.8 Å². The third kappa shape index (κ3) is 3.42. The zero-order valence-corrected chi connectivity index (χ0v) is 16.4. The van der Waals surface area contributed by atoms with Crippen molar-refractivity contribution in [2.75, 3.05) is 24.6 Å². The van der Waals surface area contributed by atoms with E-state index in [-0.39, 0.29) is 11.9 Å². The molecular weight excluding hydrogens is 368 g/mol. The molecule has 7 nitrogen and oxygen atoms in total. The quantitative estimate of drug-likeness (QED) is 0.815. The number of hydrogen-bond acceptors (Lipinski definition) is 6. The molecule has 150 valence electrons. The number of amides is 1. The summed E-state index contributed by atoms with van der Waals surface area (Å²) in [6, 6.07) is 13.9. The van der Waals surface area contributed by atoms with Gasteiger partial charge in [0.25, 0.3) is 5.91 Å². The molecule has 1 saturated heterocycles. The van der Waals surface area contributed by atoms with Gasteiger partial charge in [-0.05, 0) is 49.5 Å². The fraction of sp³-hybridized carbons (Fsp3) is 0.364. The summed E-state index contributed by atoms with van der Waals surface area (Å²) in [6.07, 6.45) is 0.922. The molecule has 3 aliphatic heterocycles. The Morgan fingerprint density at radius 2 is 2.07 bits per heavy atom. The zero-order chi connectivity index (χ0) is 19.8. The summed E-state index contributed by atoms with van der Waals surface area (Å²) in [5, 5.41) is 7.51. The number of hydrazone groups is 1. The summed E-state index contributed by atoms with van der Waals surface area (Å²) in [5.41, 5.74) is 5.71. The molecule has 1 fully saturated rings. The van der Waals surface area contributed by atoms with Crippen molar-refractivity contribution in [1.82, 2.24) is 10.7 Å². The van der Waals surface area contributed by atoms with Gasteiger partial charge in [-0.25, -0.2) is 5.43 Å². The Labute approximate surface area is 169 Å². The van der Waals surface area contributed by atoms with E-state index in [4.69, 9.17) is 9.47 Å². The predicted octanol–water partition coefficient (Wildman–Crippen LogP) is 2.06. The molecule has 1 unspecified atom stereocenters. The number of ether oxygens (including phenoxy) is 2. The fourth-order valence-corrected chi connectivity index (χ4v) is 3.93. The number of amidine groups is 1. The third-order valence-electron chi connectivity index (χ3n) is 5.71. The number of fused-ring (bicyclic) bond motifs is 3. The van der Waals surface area contributed by atoms with Crippen LogP contribution in [0.1, 0.15) is 18.1 Å². The largest absolute Gasteiger partial charge is 0.488 e. The number of benzene rings is 2. The second-order valence-electron chi connectivity index (χ2n) is 7.77. The van der Waals surface area contributed by atoms with Crippen LogP contribution < -0.4 is 25.1 Å². The molecule has 3 heterocycles. The average molecular weight is 392 g/mol. The predicted molar refractivity (Wildman–Crippen MR) is 110 cm³/mol. The number of rotatable bonds is 5. The first-order chi connectivity index (χ1) is 14.2. The van der Waals surface area contributed by atoms with Crippen molar-refractivity contribution in [2.24, 2.45) is 11.0 Å². The van der Waals surface area contributed by atoms with E-state index >= 15 is 0 Å². The standard InChI is InChI=1S/C22H24N4O3/c1-14-22(27)25-24-21-13-29-20-9-19(28-12-15-5-3-2-4-6-15)17(7-16-10-23-11-16)8-18(20)26(14)21/h2-6,8-9,14,16,23H,7,10-13H2,1H3,(H,25,27). The number of carbonyl (C=O) groups excluding carboxylic acids is 1. The molecule has 2 N–H and O–H groups in total. The number of hydrogen-bond donors (Lipinski definition) is 2. The van der Waals surface area contributed by atoms with Crippen LogP contribution in [-0.4, -0.2) is 37.5 Å². The maximum absolute atomic E-state index is 12.2. The van der Waals surface area contributed by atoms with Crippen LogP contribution >= 0.6 is 0 Å². The van der Waals surface area contributed by atoms with Gasteiger partial charge in [-0.3, -0.25) is 4.79 Å². The lowest BCUT2D eigenvalue weighted by Gasteiger charge is -2.38. The molecule has 2 aromatic rings. The highest BCUT2D eigenvalue weighted by atomic mass is 16.5. The van der Waals surface area contributed by atoms with Crippen LogP contribution in [0.25, 0.3) is 0 Å². The Bertz CT molecular complexity index is 956. The number of anilines is 1. The summed E-state index contributed by atoms with van der Waals surface area (Å²) >= 11 is 0. The fourth-order valence-electron chi connectivity index (χ4n) is 3.93. The van der Waals surface area contributed by atoms with Crippen LogP contribution in [0.5, 0.6) is 11.5 Å². The zero-order valence-electron chi connectivity index (χ0n) is 16.4. The molecule has 0 spiro atoms. The van der Waals surface area contributed by atoms with Crippen molar-refractivity contribution in [1.29, 1.82) is 0 Å². The maximum atomic E-state index is 12.2. The van der Waals surface area contributed by atoms with E-state index in [0.717, 1.165) is 53.7 Å². The lowest BCUT2D eigenvalue weighted by molar-refractivity contribution is -0.122. The molecule has 5 rings (SSSR count). The first-order valence-corrected chi connectivity index (χ1v) is 10.0. The minimum Gasteiger partial charge on any atom is -0.488 e. The van der Waals surface area contributed by atoms with Gasteiger partial charge in [0.15, 0.2) is 5.84 Å². The molecule has 29 heavy (non-hydrogen) atoms. The van der Waals surface area contributed by atoms with Gasteiger partial charge in [0.05, 0.1) is 5.69 Å². The van der Waals surface area contributed by atoms with E-state index in [0.29, 0.717) is 19.1 Å². The Hall–Kier alpha value is -3.06. The number of nitrogens with zero attached hydrogens (tertiary/aromatic N) is 2. The van der Waals surface area contributed by atoms with Crippen LogP contribution in [0.2, 0.25) is 0 Å². The Morgan fingerprint density at radius 3 is 2.83 bits per heavy atom. The normalized spacial score (nSPS) is 20.6. The maximum Gasteiger partial charge on any atom is 0.262 e. The van der Waals surface area contributed by atoms with Crippen LogP contribution in [0, 0.1) is 5.92 Å². The van der Waals surface area contributed by atoms with Gasteiger partial charge in [-0.15, -0.1) is 0 Å². The minimum absolute atomic E-state index is 0.115. The minimum atomic E-state index is -0.334. The highest BCUT2D eigenvalue weighted by Gasteiger charge is 2.36. The molecule has 0 radical (unpaired) electrons. The van der Waals surface area contributed by atoms with Crippen LogP contribution in [0.15, 0.2) is 47.6 Å². The molecule has 0 saturated carbocycles. The monoisotopic (exact) mass is 392 g/mol. The van der Waals surface area contributed by atoms with Crippen molar-refractivity contribution in [3.63, 3.8) is 0 Å². The Kier molecular flexibility index (Phi) is 4.60. The van der Waals surface area contributed by atoms with Crippen molar-refractivity contribution in [3.05, 3.63) is 53.6 Å². The SMILES string of the molecule is CC1C(=O)NN=C2COc3cc(OCc4ccccc4)c(CC4CNC4)cc3N21. The molecule has 1 amide bonds. The van der Waals surface area contributed by atoms with E-state index in [1.807, 2.05) is 36.1 Å². The van der Waals surface area contributed by atoms with E-state index < -0.39 is 0 Å². The van der Waals surface area contributed by atoms with Gasteiger partial charge < -0.3 is 19.7 Å².